The van der Waals surface area contributed by atoms with E-state index >= 15 is 0 Å². The van der Waals surface area contributed by atoms with Crippen molar-refractivity contribution in [3.05, 3.63) is 65.0 Å². The Morgan fingerprint density at radius 2 is 1.62 bits per heavy atom. The van der Waals surface area contributed by atoms with Crippen LogP contribution in [-0.4, -0.2) is 42.8 Å². The lowest BCUT2D eigenvalue weighted by Crippen LogP contribution is -2.49. The zero-order valence-electron chi connectivity index (χ0n) is 14.1. The average molecular weight is 362 g/mol. The van der Waals surface area contributed by atoms with E-state index in [1.54, 1.807) is 18.2 Å². The Morgan fingerprint density at radius 3 is 2.27 bits per heavy atom. The van der Waals surface area contributed by atoms with Gasteiger partial charge in [-0.3, -0.25) is 9.59 Å². The molecule has 0 radical (unpaired) electrons. The monoisotopic (exact) mass is 362 g/mol. The van der Waals surface area contributed by atoms with Crippen LogP contribution < -0.4 is 4.90 Å². The summed E-state index contributed by atoms with van der Waals surface area (Å²) in [6.45, 7) is 3.08. The predicted octanol–water partition coefficient (Wildman–Crippen LogP) is 3.27. The number of halogens is 3. The van der Waals surface area contributed by atoms with Crippen molar-refractivity contribution in [3.8, 4) is 0 Å². The summed E-state index contributed by atoms with van der Waals surface area (Å²) < 4.78 is 40.2. The van der Waals surface area contributed by atoms with Crippen LogP contribution in [0.25, 0.3) is 0 Å². The van der Waals surface area contributed by atoms with Crippen LogP contribution in [0.4, 0.5) is 18.9 Å². The fourth-order valence-corrected chi connectivity index (χ4v) is 2.95. The van der Waals surface area contributed by atoms with Crippen LogP contribution in [0.3, 0.4) is 0 Å². The Labute approximate surface area is 148 Å². The normalized spacial score (nSPS) is 14.5. The van der Waals surface area contributed by atoms with Gasteiger partial charge < -0.3 is 9.80 Å². The molecule has 0 atom stereocenters. The van der Waals surface area contributed by atoms with Crippen LogP contribution in [0.5, 0.6) is 0 Å². The van der Waals surface area contributed by atoms with E-state index in [2.05, 4.69) is 0 Å². The van der Waals surface area contributed by atoms with Crippen molar-refractivity contribution in [2.24, 2.45) is 0 Å². The van der Waals surface area contributed by atoms with Gasteiger partial charge in [0, 0.05) is 37.4 Å². The van der Waals surface area contributed by atoms with Crippen LogP contribution >= 0.6 is 0 Å². The van der Waals surface area contributed by atoms with Gasteiger partial charge in [-0.25, -0.2) is 13.2 Å². The molecule has 1 aliphatic heterocycles. The minimum Gasteiger partial charge on any atom is -0.368 e. The minimum atomic E-state index is -1.64. The van der Waals surface area contributed by atoms with Gasteiger partial charge in [0.25, 0.3) is 5.91 Å². The van der Waals surface area contributed by atoms with Gasteiger partial charge in [-0.2, -0.15) is 0 Å². The van der Waals surface area contributed by atoms with Crippen molar-refractivity contribution in [1.29, 1.82) is 0 Å². The molecular weight excluding hydrogens is 345 g/mol. The van der Waals surface area contributed by atoms with E-state index in [4.69, 9.17) is 0 Å². The Hall–Kier alpha value is -2.83. The van der Waals surface area contributed by atoms with Gasteiger partial charge in [0.15, 0.2) is 23.2 Å². The third-order valence-electron chi connectivity index (χ3n) is 4.45. The highest BCUT2D eigenvalue weighted by Crippen LogP contribution is 2.21. The number of Topliss-reactive ketones (excluding diaryl/α,β-unsaturated/α-hetero) is 1. The second-order valence-electron chi connectivity index (χ2n) is 6.11. The molecule has 26 heavy (non-hydrogen) atoms. The standard InChI is InChI=1S/C19H17F3N2O2/c1-12(25)13-3-2-4-14(11-13)23-7-9-24(10-8-23)19(26)15-5-6-16(20)18(22)17(15)21/h2-6,11H,7-10H2,1H3. The second kappa shape index (κ2) is 7.19. The summed E-state index contributed by atoms with van der Waals surface area (Å²) in [5.74, 6) is -5.13. The quantitative estimate of drug-likeness (QED) is 0.622. The first-order valence-electron chi connectivity index (χ1n) is 8.17. The maximum absolute atomic E-state index is 13.8. The fourth-order valence-electron chi connectivity index (χ4n) is 2.95. The van der Waals surface area contributed by atoms with Gasteiger partial charge in [-0.05, 0) is 31.2 Å². The Bertz CT molecular complexity index is 862. The van der Waals surface area contributed by atoms with Crippen molar-refractivity contribution >= 4 is 17.4 Å². The zero-order valence-corrected chi connectivity index (χ0v) is 14.1. The Kier molecular flexibility index (Phi) is 4.97. The van der Waals surface area contributed by atoms with Gasteiger partial charge in [-0.15, -0.1) is 0 Å². The van der Waals surface area contributed by atoms with Gasteiger partial charge in [0.05, 0.1) is 5.56 Å². The van der Waals surface area contributed by atoms with Gasteiger partial charge in [0.2, 0.25) is 0 Å². The Balaban J connectivity index is 1.71. The molecule has 1 fully saturated rings. The number of carbonyl (C=O) groups is 2. The summed E-state index contributed by atoms with van der Waals surface area (Å²) in [7, 11) is 0. The van der Waals surface area contributed by atoms with Crippen molar-refractivity contribution in [1.82, 2.24) is 4.90 Å². The highest BCUT2D eigenvalue weighted by molar-refractivity contribution is 5.95. The lowest BCUT2D eigenvalue weighted by molar-refractivity contribution is 0.0740. The summed E-state index contributed by atoms with van der Waals surface area (Å²) in [6, 6.07) is 8.89. The molecule has 1 heterocycles. The number of benzene rings is 2. The number of piperazine rings is 1. The summed E-state index contributed by atoms with van der Waals surface area (Å²) in [6.07, 6.45) is 0. The molecule has 0 aliphatic carbocycles. The Morgan fingerprint density at radius 1 is 0.923 bits per heavy atom. The number of ketones is 1. The molecule has 0 unspecified atom stereocenters. The van der Waals surface area contributed by atoms with E-state index in [1.807, 2.05) is 11.0 Å². The zero-order chi connectivity index (χ0) is 18.8. The van der Waals surface area contributed by atoms with E-state index in [0.717, 1.165) is 17.8 Å². The van der Waals surface area contributed by atoms with Crippen LogP contribution in [0.1, 0.15) is 27.6 Å². The lowest BCUT2D eigenvalue weighted by atomic mass is 10.1. The molecule has 2 aromatic rings. The molecule has 0 spiro atoms. The highest BCUT2D eigenvalue weighted by atomic mass is 19.2. The predicted molar refractivity (Wildman–Crippen MR) is 90.9 cm³/mol. The molecule has 136 valence electrons. The molecule has 1 amide bonds. The van der Waals surface area contributed by atoms with Crippen molar-refractivity contribution < 1.29 is 22.8 Å². The topological polar surface area (TPSA) is 40.6 Å². The van der Waals surface area contributed by atoms with Crippen LogP contribution in [0.2, 0.25) is 0 Å². The fraction of sp³-hybridized carbons (Fsp3) is 0.263. The molecule has 4 nitrogen and oxygen atoms in total. The number of carbonyl (C=O) groups excluding carboxylic acids is 2. The van der Waals surface area contributed by atoms with E-state index in [1.165, 1.54) is 11.8 Å². The minimum absolute atomic E-state index is 0.0329. The molecule has 0 N–H and O–H groups in total. The first-order valence-corrected chi connectivity index (χ1v) is 8.17. The molecule has 0 bridgehead atoms. The summed E-state index contributed by atoms with van der Waals surface area (Å²) >= 11 is 0. The number of amides is 1. The number of anilines is 1. The third-order valence-corrected chi connectivity index (χ3v) is 4.45. The molecule has 2 aromatic carbocycles. The number of hydrogen-bond donors (Lipinski definition) is 0. The van der Waals surface area contributed by atoms with Crippen molar-refractivity contribution in [2.45, 2.75) is 6.92 Å². The van der Waals surface area contributed by atoms with Crippen molar-refractivity contribution in [3.63, 3.8) is 0 Å². The molecule has 0 saturated carbocycles. The summed E-state index contributed by atoms with van der Waals surface area (Å²) in [5.41, 5.74) is 0.990. The smallest absolute Gasteiger partial charge is 0.257 e. The lowest BCUT2D eigenvalue weighted by Gasteiger charge is -2.36. The van der Waals surface area contributed by atoms with E-state index in [9.17, 15) is 22.8 Å². The van der Waals surface area contributed by atoms with Gasteiger partial charge in [-0.1, -0.05) is 12.1 Å². The number of hydrogen-bond acceptors (Lipinski definition) is 3. The maximum Gasteiger partial charge on any atom is 0.257 e. The van der Waals surface area contributed by atoms with Gasteiger partial charge in [0.1, 0.15) is 0 Å². The van der Waals surface area contributed by atoms with Crippen LogP contribution in [-0.2, 0) is 0 Å². The first kappa shape index (κ1) is 18.0. The highest BCUT2D eigenvalue weighted by Gasteiger charge is 2.26. The molecule has 1 saturated heterocycles. The number of nitrogens with zero attached hydrogens (tertiary/aromatic N) is 2. The van der Waals surface area contributed by atoms with E-state index < -0.39 is 28.9 Å². The SMILES string of the molecule is CC(=O)c1cccc(N2CCN(C(=O)c3ccc(F)c(F)c3F)CC2)c1. The van der Waals surface area contributed by atoms with Gasteiger partial charge >= 0.3 is 0 Å². The van der Waals surface area contributed by atoms with Crippen molar-refractivity contribution in [2.75, 3.05) is 31.1 Å². The molecule has 0 aromatic heterocycles. The second-order valence-corrected chi connectivity index (χ2v) is 6.11. The maximum atomic E-state index is 13.8. The summed E-state index contributed by atoms with van der Waals surface area (Å²) in [4.78, 5) is 27.3. The van der Waals surface area contributed by atoms with E-state index in [-0.39, 0.29) is 5.78 Å². The summed E-state index contributed by atoms with van der Waals surface area (Å²) in [5, 5.41) is 0. The molecular formula is C19H17F3N2O2. The number of rotatable bonds is 3. The third kappa shape index (κ3) is 3.42. The first-order chi connectivity index (χ1) is 12.4. The molecule has 1 aliphatic rings. The average Bonchev–Trinajstić information content (AvgIpc) is 2.66. The van der Waals surface area contributed by atoms with E-state index in [0.29, 0.717) is 31.7 Å². The molecule has 3 rings (SSSR count). The largest absolute Gasteiger partial charge is 0.368 e. The molecule has 7 heteroatoms. The van der Waals surface area contributed by atoms with Crippen LogP contribution in [0, 0.1) is 17.5 Å². The van der Waals surface area contributed by atoms with Crippen LogP contribution in [0.15, 0.2) is 36.4 Å².